The maximum atomic E-state index is 12.6. The van der Waals surface area contributed by atoms with E-state index >= 15 is 0 Å². The van der Waals surface area contributed by atoms with E-state index in [-0.39, 0.29) is 30.2 Å². The predicted octanol–water partition coefficient (Wildman–Crippen LogP) is 2.47. The fourth-order valence-electron chi connectivity index (χ4n) is 3.18. The van der Waals surface area contributed by atoms with E-state index in [4.69, 9.17) is 4.74 Å². The first kappa shape index (κ1) is 16.1. The normalized spacial score (nSPS) is 24.6. The van der Waals surface area contributed by atoms with Gasteiger partial charge in [0.25, 0.3) is 0 Å². The molecule has 23 heavy (non-hydrogen) atoms. The Morgan fingerprint density at radius 2 is 2.04 bits per heavy atom. The summed E-state index contributed by atoms with van der Waals surface area (Å²) in [5, 5.41) is 3.41. The van der Waals surface area contributed by atoms with E-state index in [0.717, 1.165) is 49.5 Å². The van der Waals surface area contributed by atoms with Gasteiger partial charge in [-0.3, -0.25) is 4.79 Å². The Kier molecular flexibility index (Phi) is 4.25. The lowest BCUT2D eigenvalue weighted by atomic mass is 9.73. The highest BCUT2D eigenvalue weighted by Gasteiger charge is 2.40. The molecule has 0 spiro atoms. The number of carbonyl (C=O) groups is 1. The molecule has 0 unspecified atom stereocenters. The molecule has 0 N–H and O–H groups in total. The molecule has 8 heteroatoms. The van der Waals surface area contributed by atoms with E-state index in [1.165, 1.54) is 7.05 Å². The summed E-state index contributed by atoms with van der Waals surface area (Å²) in [4.78, 5) is 14.2. The minimum absolute atomic E-state index is 0.0524. The molecule has 1 aliphatic carbocycles. The van der Waals surface area contributed by atoms with Crippen molar-refractivity contribution in [1.29, 1.82) is 0 Å². The molecule has 1 aromatic rings. The fraction of sp³-hybridized carbons (Fsp3) is 0.733. The highest BCUT2D eigenvalue weighted by atomic mass is 19.4. The first-order valence-corrected chi connectivity index (χ1v) is 7.89. The van der Waals surface area contributed by atoms with Crippen molar-refractivity contribution in [2.24, 2.45) is 18.9 Å². The number of hydrogen-bond donors (Lipinski definition) is 0. The number of aryl methyl sites for hydroxylation is 1. The maximum Gasteiger partial charge on any atom is 0.435 e. The Bertz CT molecular complexity index is 579. The van der Waals surface area contributed by atoms with E-state index in [9.17, 15) is 18.0 Å². The Balaban J connectivity index is 1.56. The number of rotatable bonds is 4. The van der Waals surface area contributed by atoms with Crippen LogP contribution >= 0.6 is 0 Å². The average molecular weight is 331 g/mol. The fourth-order valence-corrected chi connectivity index (χ4v) is 3.18. The molecule has 1 saturated heterocycles. The van der Waals surface area contributed by atoms with Crippen LogP contribution in [0.2, 0.25) is 0 Å². The topological polar surface area (TPSA) is 47.4 Å². The highest BCUT2D eigenvalue weighted by Crippen LogP contribution is 2.37. The molecule has 1 amide bonds. The van der Waals surface area contributed by atoms with Gasteiger partial charge in [0.1, 0.15) is 0 Å². The molecule has 1 saturated carbocycles. The van der Waals surface area contributed by atoms with Crippen LogP contribution in [0.1, 0.15) is 31.4 Å². The smallest absolute Gasteiger partial charge is 0.435 e. The number of alkyl halides is 3. The molecular formula is C15H20F3N3O2. The van der Waals surface area contributed by atoms with E-state index in [0.29, 0.717) is 0 Å². The predicted molar refractivity (Wildman–Crippen MR) is 75.7 cm³/mol. The second-order valence-electron chi connectivity index (χ2n) is 6.28. The summed E-state index contributed by atoms with van der Waals surface area (Å²) in [5.41, 5.74) is -0.965. The summed E-state index contributed by atoms with van der Waals surface area (Å²) < 4.78 is 44.4. The van der Waals surface area contributed by atoms with Crippen molar-refractivity contribution < 1.29 is 22.7 Å². The minimum atomic E-state index is -4.48. The van der Waals surface area contributed by atoms with Crippen LogP contribution in [-0.4, -0.2) is 40.3 Å². The molecule has 2 heterocycles. The van der Waals surface area contributed by atoms with Crippen LogP contribution in [0.5, 0.6) is 5.88 Å². The van der Waals surface area contributed by atoms with Crippen molar-refractivity contribution >= 4 is 5.91 Å². The van der Waals surface area contributed by atoms with Gasteiger partial charge in [-0.1, -0.05) is 0 Å². The summed E-state index contributed by atoms with van der Waals surface area (Å²) in [7, 11) is 1.41. The van der Waals surface area contributed by atoms with Gasteiger partial charge >= 0.3 is 6.18 Å². The third kappa shape index (κ3) is 3.30. The molecule has 2 fully saturated rings. The molecule has 0 bridgehead atoms. The molecule has 0 aromatic carbocycles. The molecule has 128 valence electrons. The Hall–Kier alpha value is -1.73. The van der Waals surface area contributed by atoms with Crippen LogP contribution in [0.4, 0.5) is 13.2 Å². The number of aromatic nitrogens is 2. The lowest BCUT2D eigenvalue weighted by Gasteiger charge is -2.37. The molecular weight excluding hydrogens is 311 g/mol. The van der Waals surface area contributed by atoms with E-state index < -0.39 is 11.9 Å². The number of nitrogens with zero attached hydrogens (tertiary/aromatic N) is 3. The van der Waals surface area contributed by atoms with Gasteiger partial charge in [-0.2, -0.15) is 18.3 Å². The molecule has 2 aliphatic rings. The molecule has 1 aliphatic heterocycles. The third-order valence-electron chi connectivity index (χ3n) is 4.73. The van der Waals surface area contributed by atoms with Crippen LogP contribution in [-0.2, 0) is 18.0 Å². The van der Waals surface area contributed by atoms with Crippen molar-refractivity contribution in [3.63, 3.8) is 0 Å². The van der Waals surface area contributed by atoms with Gasteiger partial charge in [-0.25, -0.2) is 4.68 Å². The van der Waals surface area contributed by atoms with Crippen molar-refractivity contribution in [2.75, 3.05) is 19.7 Å². The van der Waals surface area contributed by atoms with Crippen molar-refractivity contribution in [3.05, 3.63) is 11.8 Å². The number of halogens is 3. The average Bonchev–Trinajstić information content (AvgIpc) is 3.07. The lowest BCUT2D eigenvalue weighted by Crippen LogP contribution is -2.44. The number of carbonyl (C=O) groups excluding carboxylic acids is 1. The van der Waals surface area contributed by atoms with Crippen LogP contribution in [0, 0.1) is 11.8 Å². The Labute approximate surface area is 132 Å². The van der Waals surface area contributed by atoms with Gasteiger partial charge in [-0.15, -0.1) is 0 Å². The molecule has 2 atom stereocenters. The highest BCUT2D eigenvalue weighted by molar-refractivity contribution is 5.80. The monoisotopic (exact) mass is 331 g/mol. The largest absolute Gasteiger partial charge is 0.478 e. The van der Waals surface area contributed by atoms with Gasteiger partial charge < -0.3 is 9.64 Å². The molecule has 0 radical (unpaired) electrons. The number of amides is 1. The molecule has 1 aromatic heterocycles. The Morgan fingerprint density at radius 1 is 1.35 bits per heavy atom. The lowest BCUT2D eigenvalue weighted by molar-refractivity contribution is -0.141. The summed E-state index contributed by atoms with van der Waals surface area (Å²) >= 11 is 0. The zero-order valence-electron chi connectivity index (χ0n) is 13.0. The quantitative estimate of drug-likeness (QED) is 0.851. The summed E-state index contributed by atoms with van der Waals surface area (Å²) in [6.07, 6.45) is -0.676. The minimum Gasteiger partial charge on any atom is -0.478 e. The number of hydrogen-bond acceptors (Lipinski definition) is 3. The van der Waals surface area contributed by atoms with Gasteiger partial charge in [0, 0.05) is 38.0 Å². The zero-order chi connectivity index (χ0) is 16.6. The van der Waals surface area contributed by atoms with Crippen molar-refractivity contribution in [2.45, 2.75) is 31.9 Å². The number of ether oxygens (including phenoxy) is 1. The van der Waals surface area contributed by atoms with Crippen molar-refractivity contribution in [3.8, 4) is 5.88 Å². The summed E-state index contributed by atoms with van der Waals surface area (Å²) in [6, 6.07) is 0.899. The second-order valence-corrected chi connectivity index (χ2v) is 6.28. The van der Waals surface area contributed by atoms with E-state index in [2.05, 4.69) is 5.10 Å². The van der Waals surface area contributed by atoms with E-state index in [1.54, 1.807) is 0 Å². The Morgan fingerprint density at radius 3 is 2.57 bits per heavy atom. The van der Waals surface area contributed by atoms with E-state index in [1.807, 2.05) is 4.90 Å². The standard InChI is InChI=1S/C15H20F3N3O2/c1-20-13(8-12(19-20)15(16,17)18)23-9-10-4-5-11(10)14(22)21-6-2-3-7-21/h8,10-11H,2-7,9H2,1H3/t10-,11-/m0/s1. The van der Waals surface area contributed by atoms with Crippen molar-refractivity contribution in [1.82, 2.24) is 14.7 Å². The summed E-state index contributed by atoms with van der Waals surface area (Å²) in [5.74, 6) is 0.274. The number of likely N-dealkylation sites (tertiary alicyclic amines) is 1. The van der Waals surface area contributed by atoms with Gasteiger partial charge in [0.05, 0.1) is 6.61 Å². The first-order chi connectivity index (χ1) is 10.9. The maximum absolute atomic E-state index is 12.6. The van der Waals surface area contributed by atoms with Crippen LogP contribution < -0.4 is 4.74 Å². The first-order valence-electron chi connectivity index (χ1n) is 7.89. The second kappa shape index (κ2) is 6.05. The third-order valence-corrected chi connectivity index (χ3v) is 4.73. The van der Waals surface area contributed by atoms with Crippen LogP contribution in [0.25, 0.3) is 0 Å². The summed E-state index contributed by atoms with van der Waals surface area (Å²) in [6.45, 7) is 1.89. The SMILES string of the molecule is Cn1nc(C(F)(F)F)cc1OC[C@@H]1CC[C@@H]1C(=O)N1CCCC1. The molecule has 3 rings (SSSR count). The molecule has 5 nitrogen and oxygen atoms in total. The van der Waals surface area contributed by atoms with Gasteiger partial charge in [-0.05, 0) is 25.7 Å². The van der Waals surface area contributed by atoms with Gasteiger partial charge in [0.2, 0.25) is 11.8 Å². The zero-order valence-corrected chi connectivity index (χ0v) is 13.0. The van der Waals surface area contributed by atoms with Crippen LogP contribution in [0.3, 0.4) is 0 Å². The van der Waals surface area contributed by atoms with Gasteiger partial charge in [0.15, 0.2) is 5.69 Å². The van der Waals surface area contributed by atoms with Crippen LogP contribution in [0.15, 0.2) is 6.07 Å².